The molecule has 1 unspecified atom stereocenters. The van der Waals surface area contributed by atoms with Crippen molar-refractivity contribution >= 4 is 0 Å². The molecule has 1 atom stereocenters. The van der Waals surface area contributed by atoms with Gasteiger partial charge in [-0.05, 0) is 12.0 Å². The van der Waals surface area contributed by atoms with Gasteiger partial charge in [0.2, 0.25) is 6.04 Å². The molecule has 0 saturated heterocycles. The van der Waals surface area contributed by atoms with Crippen molar-refractivity contribution in [3.05, 3.63) is 46.8 Å². The molecule has 0 aliphatic rings. The van der Waals surface area contributed by atoms with Gasteiger partial charge < -0.3 is 4.85 Å². The molecule has 0 aliphatic heterocycles. The second-order valence-electron chi connectivity index (χ2n) is 2.86. The van der Waals surface area contributed by atoms with E-state index in [4.69, 9.17) is 6.57 Å². The monoisotopic (exact) mass is 159 g/mol. The Morgan fingerprint density at radius 3 is 2.67 bits per heavy atom. The smallest absolute Gasteiger partial charge is 0.246 e. The first-order chi connectivity index (χ1) is 5.79. The van der Waals surface area contributed by atoms with Gasteiger partial charge in [-0.25, -0.2) is 6.57 Å². The molecule has 0 saturated carbocycles. The van der Waals surface area contributed by atoms with Gasteiger partial charge in [0, 0.05) is 12.5 Å². The molecule has 0 radical (unpaired) electrons. The van der Waals surface area contributed by atoms with Gasteiger partial charge in [0.05, 0.1) is 0 Å². The van der Waals surface area contributed by atoms with E-state index in [-0.39, 0.29) is 6.04 Å². The Morgan fingerprint density at radius 1 is 1.42 bits per heavy atom. The molecule has 0 heterocycles. The molecule has 0 spiro atoms. The SMILES string of the molecule is [C-]#[N+]C(C)c1ccccc1CC. The third kappa shape index (κ3) is 1.65. The lowest BCUT2D eigenvalue weighted by molar-refractivity contribution is 0.924. The van der Waals surface area contributed by atoms with Gasteiger partial charge in [0.1, 0.15) is 0 Å². The van der Waals surface area contributed by atoms with Gasteiger partial charge in [0.25, 0.3) is 0 Å². The molecule has 0 bridgehead atoms. The van der Waals surface area contributed by atoms with Gasteiger partial charge in [0.15, 0.2) is 0 Å². The maximum Gasteiger partial charge on any atom is 0.246 e. The zero-order valence-electron chi connectivity index (χ0n) is 7.54. The highest BCUT2D eigenvalue weighted by atomic mass is 14.7. The molecule has 0 N–H and O–H groups in total. The van der Waals surface area contributed by atoms with E-state index in [1.807, 2.05) is 25.1 Å². The van der Waals surface area contributed by atoms with Crippen LogP contribution in [0.3, 0.4) is 0 Å². The molecule has 1 aromatic rings. The Kier molecular flexibility index (Phi) is 2.88. The molecule has 1 nitrogen and oxygen atoms in total. The Labute approximate surface area is 73.9 Å². The van der Waals surface area contributed by atoms with Crippen molar-refractivity contribution in [1.29, 1.82) is 0 Å². The Bertz CT molecular complexity index is 296. The van der Waals surface area contributed by atoms with Crippen molar-refractivity contribution in [2.24, 2.45) is 0 Å². The average molecular weight is 159 g/mol. The molecular formula is C11H13N. The minimum absolute atomic E-state index is 0.00106. The summed E-state index contributed by atoms with van der Waals surface area (Å²) in [6.45, 7) is 11.0. The van der Waals surface area contributed by atoms with Gasteiger partial charge >= 0.3 is 0 Å². The molecule has 0 fully saturated rings. The van der Waals surface area contributed by atoms with E-state index in [1.54, 1.807) is 0 Å². The maximum atomic E-state index is 6.94. The number of hydrogen-bond donors (Lipinski definition) is 0. The first-order valence-corrected chi connectivity index (χ1v) is 4.24. The van der Waals surface area contributed by atoms with Crippen LogP contribution in [0.1, 0.15) is 31.0 Å². The van der Waals surface area contributed by atoms with E-state index in [0.29, 0.717) is 0 Å². The quantitative estimate of drug-likeness (QED) is 0.583. The van der Waals surface area contributed by atoms with Crippen LogP contribution < -0.4 is 0 Å². The predicted octanol–water partition coefficient (Wildman–Crippen LogP) is 3.23. The fraction of sp³-hybridized carbons (Fsp3) is 0.364. The number of benzene rings is 1. The third-order valence-corrected chi connectivity index (χ3v) is 2.08. The first kappa shape index (κ1) is 8.80. The van der Waals surface area contributed by atoms with Gasteiger partial charge in [-0.2, -0.15) is 0 Å². The van der Waals surface area contributed by atoms with E-state index in [0.717, 1.165) is 6.42 Å². The first-order valence-electron chi connectivity index (χ1n) is 4.24. The Morgan fingerprint density at radius 2 is 2.08 bits per heavy atom. The topological polar surface area (TPSA) is 4.36 Å². The van der Waals surface area contributed by atoms with E-state index < -0.39 is 0 Å². The normalized spacial score (nSPS) is 12.1. The lowest BCUT2D eigenvalue weighted by Crippen LogP contribution is -1.93. The molecule has 12 heavy (non-hydrogen) atoms. The summed E-state index contributed by atoms with van der Waals surface area (Å²) in [6, 6.07) is 8.16. The summed E-state index contributed by atoms with van der Waals surface area (Å²) in [5.74, 6) is 0. The van der Waals surface area contributed by atoms with E-state index in [1.165, 1.54) is 11.1 Å². The zero-order chi connectivity index (χ0) is 8.97. The number of aryl methyl sites for hydroxylation is 1. The molecule has 1 heteroatoms. The van der Waals surface area contributed by atoms with Crippen molar-refractivity contribution in [2.75, 3.05) is 0 Å². The molecule has 1 rings (SSSR count). The van der Waals surface area contributed by atoms with Gasteiger partial charge in [-0.3, -0.25) is 0 Å². The fourth-order valence-corrected chi connectivity index (χ4v) is 1.33. The second-order valence-corrected chi connectivity index (χ2v) is 2.86. The molecule has 0 aliphatic carbocycles. The highest BCUT2D eigenvalue weighted by molar-refractivity contribution is 5.31. The summed E-state index contributed by atoms with van der Waals surface area (Å²) < 4.78 is 0. The van der Waals surface area contributed by atoms with Crippen LogP contribution in [0.2, 0.25) is 0 Å². The van der Waals surface area contributed by atoms with Crippen LogP contribution in [0, 0.1) is 6.57 Å². The number of nitrogens with zero attached hydrogens (tertiary/aromatic N) is 1. The van der Waals surface area contributed by atoms with E-state index >= 15 is 0 Å². The largest absolute Gasteiger partial charge is 0.309 e. The Hall–Kier alpha value is -1.29. The zero-order valence-corrected chi connectivity index (χ0v) is 7.54. The van der Waals surface area contributed by atoms with Crippen LogP contribution in [0.15, 0.2) is 24.3 Å². The van der Waals surface area contributed by atoms with Crippen molar-refractivity contribution in [3.63, 3.8) is 0 Å². The lowest BCUT2D eigenvalue weighted by Gasteiger charge is -2.05. The highest BCUT2D eigenvalue weighted by Gasteiger charge is 2.10. The molecular weight excluding hydrogens is 146 g/mol. The van der Waals surface area contributed by atoms with Crippen LogP contribution in [0.4, 0.5) is 0 Å². The van der Waals surface area contributed by atoms with Crippen molar-refractivity contribution < 1.29 is 0 Å². The summed E-state index contributed by atoms with van der Waals surface area (Å²) in [6.07, 6.45) is 1.01. The fourth-order valence-electron chi connectivity index (χ4n) is 1.33. The van der Waals surface area contributed by atoms with Crippen molar-refractivity contribution in [3.8, 4) is 0 Å². The average Bonchev–Trinajstić information content (AvgIpc) is 2.16. The summed E-state index contributed by atoms with van der Waals surface area (Å²) in [7, 11) is 0. The lowest BCUT2D eigenvalue weighted by atomic mass is 10.0. The standard InChI is InChI=1S/C11H13N/c1-4-10-7-5-6-8-11(10)9(2)12-3/h5-9H,4H2,1-2H3. The molecule has 62 valence electrons. The third-order valence-electron chi connectivity index (χ3n) is 2.08. The number of rotatable bonds is 2. The molecule has 0 aromatic heterocycles. The summed E-state index contributed by atoms with van der Waals surface area (Å²) in [5.41, 5.74) is 2.47. The van der Waals surface area contributed by atoms with Crippen LogP contribution in [-0.4, -0.2) is 0 Å². The van der Waals surface area contributed by atoms with Crippen LogP contribution in [-0.2, 0) is 6.42 Å². The molecule has 1 aromatic carbocycles. The summed E-state index contributed by atoms with van der Waals surface area (Å²) in [5, 5.41) is 0. The van der Waals surface area contributed by atoms with E-state index in [2.05, 4.69) is 17.8 Å². The van der Waals surface area contributed by atoms with Crippen LogP contribution in [0.25, 0.3) is 4.85 Å². The van der Waals surface area contributed by atoms with Gasteiger partial charge in [-0.1, -0.05) is 31.2 Å². The van der Waals surface area contributed by atoms with E-state index in [9.17, 15) is 0 Å². The summed E-state index contributed by atoms with van der Waals surface area (Å²) >= 11 is 0. The molecule has 0 amide bonds. The maximum absolute atomic E-state index is 6.94. The van der Waals surface area contributed by atoms with Crippen LogP contribution in [0.5, 0.6) is 0 Å². The summed E-state index contributed by atoms with van der Waals surface area (Å²) in [4.78, 5) is 3.52. The minimum atomic E-state index is 0.00106. The van der Waals surface area contributed by atoms with Crippen molar-refractivity contribution in [1.82, 2.24) is 0 Å². The second kappa shape index (κ2) is 3.92. The van der Waals surface area contributed by atoms with Crippen molar-refractivity contribution in [2.45, 2.75) is 26.3 Å². The predicted molar refractivity (Wildman–Crippen MR) is 50.8 cm³/mol. The minimum Gasteiger partial charge on any atom is -0.309 e. The van der Waals surface area contributed by atoms with Crippen LogP contribution >= 0.6 is 0 Å². The highest BCUT2D eigenvalue weighted by Crippen LogP contribution is 2.20. The number of hydrogen-bond acceptors (Lipinski definition) is 0. The Balaban J connectivity index is 3.06. The van der Waals surface area contributed by atoms with Gasteiger partial charge in [-0.15, -0.1) is 0 Å².